The summed E-state index contributed by atoms with van der Waals surface area (Å²) in [4.78, 5) is 36.1. The zero-order valence-electron chi connectivity index (χ0n) is 13.5. The first-order valence-corrected chi connectivity index (χ1v) is 7.92. The van der Waals surface area contributed by atoms with Crippen molar-refractivity contribution in [3.8, 4) is 0 Å². The number of ether oxygens (including phenoxy) is 1. The molecule has 4 nitrogen and oxygen atoms in total. The maximum Gasteiger partial charge on any atom is 0.311 e. The lowest BCUT2D eigenvalue weighted by Gasteiger charge is -2.26. The maximum absolute atomic E-state index is 12.4. The van der Waals surface area contributed by atoms with E-state index in [1.54, 1.807) is 27.7 Å². The van der Waals surface area contributed by atoms with Gasteiger partial charge in [-0.05, 0) is 39.4 Å². The third kappa shape index (κ3) is 5.65. The highest BCUT2D eigenvalue weighted by Crippen LogP contribution is 2.22. The van der Waals surface area contributed by atoms with Crippen LogP contribution in [0.1, 0.15) is 48.5 Å². The van der Waals surface area contributed by atoms with Crippen LogP contribution in [-0.2, 0) is 19.1 Å². The number of carbonyl (C=O) groups is 3. The number of thioether (sulfide) groups is 1. The second-order valence-electron chi connectivity index (χ2n) is 6.20. The van der Waals surface area contributed by atoms with Gasteiger partial charge in [-0.3, -0.25) is 14.4 Å². The Bertz CT molecular complexity index is 369. The second-order valence-corrected chi connectivity index (χ2v) is 7.46. The molecule has 0 radical (unpaired) electrons. The summed E-state index contributed by atoms with van der Waals surface area (Å²) in [6.45, 7) is 12.3. The number of hydrogen-bond donors (Lipinski definition) is 0. The van der Waals surface area contributed by atoms with Crippen molar-refractivity contribution in [3.63, 3.8) is 0 Å². The molecule has 5 heteroatoms. The van der Waals surface area contributed by atoms with E-state index in [9.17, 15) is 14.4 Å². The van der Waals surface area contributed by atoms with Gasteiger partial charge < -0.3 is 4.74 Å². The first-order chi connectivity index (χ1) is 9.02. The Balaban J connectivity index is 4.97. The number of carbonyl (C=O) groups excluding carboxylic acids is 3. The van der Waals surface area contributed by atoms with Gasteiger partial charge in [-0.2, -0.15) is 0 Å². The molecule has 0 fully saturated rings. The maximum atomic E-state index is 12.4. The van der Waals surface area contributed by atoms with Crippen LogP contribution in [0.5, 0.6) is 0 Å². The second kappa shape index (κ2) is 7.81. The van der Waals surface area contributed by atoms with Gasteiger partial charge in [0.05, 0.1) is 11.3 Å². The minimum Gasteiger partial charge on any atom is -0.454 e. The van der Waals surface area contributed by atoms with E-state index in [4.69, 9.17) is 4.74 Å². The predicted octanol–water partition coefficient (Wildman–Crippen LogP) is 3.09. The van der Waals surface area contributed by atoms with Crippen molar-refractivity contribution in [3.05, 3.63) is 0 Å². The van der Waals surface area contributed by atoms with Crippen LogP contribution < -0.4 is 0 Å². The molecule has 0 spiro atoms. The Morgan fingerprint density at radius 3 is 1.95 bits per heavy atom. The summed E-state index contributed by atoms with van der Waals surface area (Å²) in [5, 5.41) is -0.171. The van der Waals surface area contributed by atoms with E-state index in [-0.39, 0.29) is 16.8 Å². The van der Waals surface area contributed by atoms with Crippen LogP contribution in [0.2, 0.25) is 0 Å². The fourth-order valence-electron chi connectivity index (χ4n) is 1.44. The van der Waals surface area contributed by atoms with Gasteiger partial charge in [0.15, 0.2) is 17.0 Å². The molecule has 0 aromatic carbocycles. The largest absolute Gasteiger partial charge is 0.454 e. The van der Waals surface area contributed by atoms with Crippen LogP contribution in [0.4, 0.5) is 0 Å². The van der Waals surface area contributed by atoms with Crippen molar-refractivity contribution >= 4 is 28.6 Å². The van der Waals surface area contributed by atoms with Crippen LogP contribution in [0.3, 0.4) is 0 Å². The molecule has 0 aromatic heterocycles. The molecule has 0 amide bonds. The molecular weight excluding hydrogens is 276 g/mol. The van der Waals surface area contributed by atoms with Crippen molar-refractivity contribution in [1.29, 1.82) is 0 Å². The minimum atomic E-state index is -0.863. The number of rotatable bonds is 6. The molecule has 0 aromatic rings. The van der Waals surface area contributed by atoms with E-state index >= 15 is 0 Å². The Morgan fingerprint density at radius 2 is 1.60 bits per heavy atom. The third-order valence-corrected chi connectivity index (χ3v) is 3.73. The Kier molecular flexibility index (Phi) is 7.49. The Morgan fingerprint density at radius 1 is 1.10 bits per heavy atom. The normalized spacial score (nSPS) is 14.8. The zero-order valence-corrected chi connectivity index (χ0v) is 14.3. The lowest BCUT2D eigenvalue weighted by molar-refractivity contribution is -0.166. The number of hydrogen-bond acceptors (Lipinski definition) is 5. The van der Waals surface area contributed by atoms with E-state index in [1.807, 2.05) is 20.8 Å². The van der Waals surface area contributed by atoms with E-state index < -0.39 is 23.4 Å². The molecule has 0 rings (SSSR count). The fourth-order valence-corrected chi connectivity index (χ4v) is 2.10. The first-order valence-electron chi connectivity index (χ1n) is 6.93. The van der Waals surface area contributed by atoms with Gasteiger partial charge in [0.2, 0.25) is 0 Å². The predicted molar refractivity (Wildman–Crippen MR) is 81.5 cm³/mol. The fraction of sp³-hybridized carbons (Fsp3) is 0.800. The van der Waals surface area contributed by atoms with E-state index in [1.165, 1.54) is 0 Å². The van der Waals surface area contributed by atoms with Crippen LogP contribution in [-0.4, -0.2) is 28.7 Å². The lowest BCUT2D eigenvalue weighted by atomic mass is 9.93. The lowest BCUT2D eigenvalue weighted by Crippen LogP contribution is -2.40. The Labute approximate surface area is 126 Å². The molecule has 0 saturated carbocycles. The molecule has 0 saturated heterocycles. The van der Waals surface area contributed by atoms with Crippen LogP contribution in [0, 0.1) is 17.3 Å². The third-order valence-electron chi connectivity index (χ3n) is 2.80. The average Bonchev–Trinajstić information content (AvgIpc) is 2.32. The molecule has 0 aliphatic heterocycles. The van der Waals surface area contributed by atoms with Crippen LogP contribution in [0.15, 0.2) is 0 Å². The van der Waals surface area contributed by atoms with Gasteiger partial charge in [-0.1, -0.05) is 32.5 Å². The van der Waals surface area contributed by atoms with E-state index in [0.29, 0.717) is 5.75 Å². The molecule has 0 N–H and O–H groups in total. The van der Waals surface area contributed by atoms with Gasteiger partial charge >= 0.3 is 5.97 Å². The minimum absolute atomic E-state index is 0.157. The first kappa shape index (κ1) is 19.2. The molecule has 0 heterocycles. The zero-order chi connectivity index (χ0) is 16.1. The van der Waals surface area contributed by atoms with Crippen LogP contribution in [0.25, 0.3) is 0 Å². The quantitative estimate of drug-likeness (QED) is 0.557. The number of esters is 1. The summed E-state index contributed by atoms with van der Waals surface area (Å²) in [6.07, 6.45) is -0.863. The standard InChI is InChI=1S/C15H26O4S/c1-8-20-13(17)10(4)11(16)12(9(2)3)19-14(18)15(5,6)7/h9-10,12H,8H2,1-7H3/t10?,12-/m0/s1. The van der Waals surface area contributed by atoms with Crippen molar-refractivity contribution in [2.24, 2.45) is 17.3 Å². The van der Waals surface area contributed by atoms with Crippen LogP contribution >= 0.6 is 11.8 Å². The van der Waals surface area contributed by atoms with E-state index in [2.05, 4.69) is 0 Å². The van der Waals surface area contributed by atoms with Crippen molar-refractivity contribution in [1.82, 2.24) is 0 Å². The molecule has 0 aliphatic rings. The van der Waals surface area contributed by atoms with Crippen molar-refractivity contribution in [2.45, 2.75) is 54.6 Å². The van der Waals surface area contributed by atoms with Crippen molar-refractivity contribution in [2.75, 3.05) is 5.75 Å². The summed E-state index contributed by atoms with van der Waals surface area (Å²) >= 11 is 1.12. The van der Waals surface area contributed by atoms with Gasteiger partial charge in [-0.15, -0.1) is 0 Å². The summed E-state index contributed by atoms with van der Waals surface area (Å²) in [6, 6.07) is 0. The summed E-state index contributed by atoms with van der Waals surface area (Å²) in [5.74, 6) is -1.02. The molecule has 116 valence electrons. The highest BCUT2D eigenvalue weighted by molar-refractivity contribution is 8.13. The molecular formula is C15H26O4S. The van der Waals surface area contributed by atoms with Gasteiger partial charge in [-0.25, -0.2) is 0 Å². The van der Waals surface area contributed by atoms with Crippen molar-refractivity contribution < 1.29 is 19.1 Å². The molecule has 0 aliphatic carbocycles. The number of Topliss-reactive ketones (excluding diaryl/α,β-unsaturated/α-hetero) is 1. The van der Waals surface area contributed by atoms with E-state index in [0.717, 1.165) is 11.8 Å². The number of ketones is 1. The highest BCUT2D eigenvalue weighted by atomic mass is 32.2. The average molecular weight is 302 g/mol. The molecule has 2 atom stereocenters. The molecule has 1 unspecified atom stereocenters. The Hall–Kier alpha value is -0.840. The van der Waals surface area contributed by atoms with Gasteiger partial charge in [0.1, 0.15) is 0 Å². The summed E-state index contributed by atoms with van der Waals surface area (Å²) < 4.78 is 5.34. The monoisotopic (exact) mass is 302 g/mol. The summed E-state index contributed by atoms with van der Waals surface area (Å²) in [7, 11) is 0. The topological polar surface area (TPSA) is 60.4 Å². The molecule has 20 heavy (non-hydrogen) atoms. The molecule has 0 bridgehead atoms. The smallest absolute Gasteiger partial charge is 0.311 e. The van der Waals surface area contributed by atoms with Gasteiger partial charge in [0, 0.05) is 0 Å². The highest BCUT2D eigenvalue weighted by Gasteiger charge is 2.36. The summed E-state index contributed by atoms with van der Waals surface area (Å²) in [5.41, 5.74) is -0.668. The SMILES string of the molecule is CCSC(=O)C(C)C(=O)[C@@H](OC(=O)C(C)(C)C)C(C)C. The van der Waals surface area contributed by atoms with Gasteiger partial charge in [0.25, 0.3) is 0 Å².